The molecule has 30 heavy (non-hydrogen) atoms. The molecule has 0 saturated heterocycles. The first kappa shape index (κ1) is 20.2. The van der Waals surface area contributed by atoms with Gasteiger partial charge in [0.2, 0.25) is 0 Å². The molecule has 2 aromatic carbocycles. The number of halogens is 3. The van der Waals surface area contributed by atoms with Gasteiger partial charge in [0.15, 0.2) is 12.3 Å². The van der Waals surface area contributed by atoms with Gasteiger partial charge in [0.25, 0.3) is 5.91 Å². The summed E-state index contributed by atoms with van der Waals surface area (Å²) in [5.41, 5.74) is -0.321. The van der Waals surface area contributed by atoms with E-state index in [0.717, 1.165) is 10.8 Å². The molecule has 0 fully saturated rings. The molecule has 6 nitrogen and oxygen atoms in total. The van der Waals surface area contributed by atoms with Crippen molar-refractivity contribution in [2.75, 3.05) is 19.8 Å². The molecule has 2 heterocycles. The summed E-state index contributed by atoms with van der Waals surface area (Å²) < 4.78 is 51.5. The van der Waals surface area contributed by atoms with Crippen LogP contribution in [0.3, 0.4) is 0 Å². The fourth-order valence-electron chi connectivity index (χ4n) is 3.48. The molecule has 1 amide bonds. The van der Waals surface area contributed by atoms with Crippen molar-refractivity contribution in [3.63, 3.8) is 0 Å². The minimum absolute atomic E-state index is 0.0831. The molecule has 0 spiro atoms. The minimum Gasteiger partial charge on any atom is -0.484 e. The largest absolute Gasteiger partial charge is 0.484 e. The standard InChI is InChI=1S/C21H20F3N3O3/c22-21(23,24)20-17-12-29-10-7-18(17)27(26-20)9-8-25-19(28)13-30-16-6-5-14-3-1-2-4-15(14)11-16/h1-6,11H,7-10,12-13H2,(H,25,28). The topological polar surface area (TPSA) is 65.4 Å². The molecule has 4 rings (SSSR count). The maximum Gasteiger partial charge on any atom is 0.435 e. The van der Waals surface area contributed by atoms with Crippen LogP contribution in [0.2, 0.25) is 0 Å². The number of ether oxygens (including phenoxy) is 2. The van der Waals surface area contributed by atoms with Crippen LogP contribution in [0.4, 0.5) is 13.2 Å². The molecule has 1 N–H and O–H groups in total. The van der Waals surface area contributed by atoms with Gasteiger partial charge in [-0.3, -0.25) is 9.48 Å². The Hall–Kier alpha value is -3.07. The van der Waals surface area contributed by atoms with E-state index in [9.17, 15) is 18.0 Å². The number of fused-ring (bicyclic) bond motifs is 2. The van der Waals surface area contributed by atoms with Crippen LogP contribution in [-0.2, 0) is 35.3 Å². The summed E-state index contributed by atoms with van der Waals surface area (Å²) in [6, 6.07) is 13.3. The number of benzene rings is 2. The summed E-state index contributed by atoms with van der Waals surface area (Å²) >= 11 is 0. The van der Waals surface area contributed by atoms with Gasteiger partial charge in [-0.2, -0.15) is 18.3 Å². The van der Waals surface area contributed by atoms with E-state index in [0.29, 0.717) is 24.5 Å². The number of alkyl halides is 3. The van der Waals surface area contributed by atoms with Crippen molar-refractivity contribution in [2.24, 2.45) is 0 Å². The van der Waals surface area contributed by atoms with Crippen LogP contribution in [0.25, 0.3) is 10.8 Å². The quantitative estimate of drug-likeness (QED) is 0.666. The Morgan fingerprint density at radius 3 is 2.80 bits per heavy atom. The van der Waals surface area contributed by atoms with E-state index in [1.165, 1.54) is 4.68 Å². The molecule has 0 unspecified atom stereocenters. The van der Waals surface area contributed by atoms with E-state index in [2.05, 4.69) is 10.4 Å². The summed E-state index contributed by atoms with van der Waals surface area (Å²) in [5, 5.41) is 8.44. The van der Waals surface area contributed by atoms with Gasteiger partial charge >= 0.3 is 6.18 Å². The average Bonchev–Trinajstić information content (AvgIpc) is 3.11. The molecule has 0 aliphatic carbocycles. The van der Waals surface area contributed by atoms with E-state index in [-0.39, 0.29) is 37.8 Å². The lowest BCUT2D eigenvalue weighted by Gasteiger charge is -2.15. The maximum absolute atomic E-state index is 13.2. The molecule has 1 aliphatic rings. The van der Waals surface area contributed by atoms with Gasteiger partial charge in [-0.15, -0.1) is 0 Å². The highest BCUT2D eigenvalue weighted by Gasteiger charge is 2.39. The van der Waals surface area contributed by atoms with Crippen molar-refractivity contribution in [3.8, 4) is 5.75 Å². The molecular weight excluding hydrogens is 399 g/mol. The first-order chi connectivity index (χ1) is 14.4. The van der Waals surface area contributed by atoms with Crippen molar-refractivity contribution < 1.29 is 27.4 Å². The van der Waals surface area contributed by atoms with Gasteiger partial charge in [-0.1, -0.05) is 30.3 Å². The third kappa shape index (κ3) is 4.40. The summed E-state index contributed by atoms with van der Waals surface area (Å²) in [7, 11) is 0. The SMILES string of the molecule is O=C(COc1ccc2ccccc2c1)NCCn1nc(C(F)(F)F)c2c1CCOC2. The van der Waals surface area contributed by atoms with E-state index in [1.54, 1.807) is 6.07 Å². The fourth-order valence-corrected chi connectivity index (χ4v) is 3.48. The summed E-state index contributed by atoms with van der Waals surface area (Å²) in [4.78, 5) is 12.1. The Morgan fingerprint density at radius 1 is 1.20 bits per heavy atom. The maximum atomic E-state index is 13.2. The lowest BCUT2D eigenvalue weighted by molar-refractivity contribution is -0.142. The van der Waals surface area contributed by atoms with Gasteiger partial charge in [0.05, 0.1) is 19.8 Å². The van der Waals surface area contributed by atoms with Crippen molar-refractivity contribution >= 4 is 16.7 Å². The highest BCUT2D eigenvalue weighted by molar-refractivity contribution is 5.84. The lowest BCUT2D eigenvalue weighted by Crippen LogP contribution is -2.32. The van der Waals surface area contributed by atoms with Crippen LogP contribution in [0.5, 0.6) is 5.75 Å². The van der Waals surface area contributed by atoms with Crippen molar-refractivity contribution in [3.05, 3.63) is 59.4 Å². The molecule has 0 saturated carbocycles. The predicted molar refractivity (Wildman–Crippen MR) is 103 cm³/mol. The second kappa shape index (κ2) is 8.35. The Balaban J connectivity index is 1.32. The van der Waals surface area contributed by atoms with E-state index in [1.807, 2.05) is 36.4 Å². The van der Waals surface area contributed by atoms with Crippen LogP contribution >= 0.6 is 0 Å². The van der Waals surface area contributed by atoms with Gasteiger partial charge in [0, 0.05) is 24.2 Å². The number of carbonyl (C=O) groups is 1. The zero-order valence-corrected chi connectivity index (χ0v) is 16.0. The minimum atomic E-state index is -4.53. The summed E-state index contributed by atoms with van der Waals surface area (Å²) in [6.07, 6.45) is -4.18. The summed E-state index contributed by atoms with van der Waals surface area (Å²) in [5.74, 6) is 0.211. The molecule has 0 atom stereocenters. The molecule has 1 aliphatic heterocycles. The highest BCUT2D eigenvalue weighted by Crippen LogP contribution is 2.34. The number of nitrogens with zero attached hydrogens (tertiary/aromatic N) is 2. The Bertz CT molecular complexity index is 1060. The van der Waals surface area contributed by atoms with Crippen LogP contribution in [0, 0.1) is 0 Å². The second-order valence-electron chi connectivity index (χ2n) is 6.94. The van der Waals surface area contributed by atoms with Crippen molar-refractivity contribution in [1.82, 2.24) is 15.1 Å². The number of hydrogen-bond acceptors (Lipinski definition) is 4. The van der Waals surface area contributed by atoms with E-state index >= 15 is 0 Å². The van der Waals surface area contributed by atoms with E-state index < -0.39 is 11.9 Å². The summed E-state index contributed by atoms with van der Waals surface area (Å²) in [6.45, 7) is 0.349. The number of hydrogen-bond donors (Lipinski definition) is 1. The van der Waals surface area contributed by atoms with Crippen molar-refractivity contribution in [2.45, 2.75) is 25.7 Å². The molecule has 0 radical (unpaired) electrons. The first-order valence-corrected chi connectivity index (χ1v) is 9.53. The van der Waals surface area contributed by atoms with Gasteiger partial charge in [-0.25, -0.2) is 0 Å². The molecule has 9 heteroatoms. The normalized spacial score (nSPS) is 13.8. The number of amides is 1. The van der Waals surface area contributed by atoms with Crippen LogP contribution in [0.15, 0.2) is 42.5 Å². The molecule has 3 aromatic rings. The number of carbonyl (C=O) groups excluding carboxylic acids is 1. The Kier molecular flexibility index (Phi) is 5.63. The van der Waals surface area contributed by atoms with Crippen LogP contribution < -0.4 is 10.1 Å². The molecule has 0 bridgehead atoms. The van der Waals surface area contributed by atoms with Crippen LogP contribution in [0.1, 0.15) is 17.0 Å². The van der Waals surface area contributed by atoms with Gasteiger partial charge in [0.1, 0.15) is 5.75 Å². The zero-order chi connectivity index (χ0) is 21.1. The lowest BCUT2D eigenvalue weighted by atomic mass is 10.1. The third-order valence-electron chi connectivity index (χ3n) is 4.90. The number of nitrogens with one attached hydrogen (secondary N) is 1. The predicted octanol–water partition coefficient (Wildman–Crippen LogP) is 3.32. The fraction of sp³-hybridized carbons (Fsp3) is 0.333. The first-order valence-electron chi connectivity index (χ1n) is 9.53. The van der Waals surface area contributed by atoms with Gasteiger partial charge < -0.3 is 14.8 Å². The Labute approximate surface area is 170 Å². The Morgan fingerprint density at radius 2 is 2.00 bits per heavy atom. The second-order valence-corrected chi connectivity index (χ2v) is 6.94. The van der Waals surface area contributed by atoms with Gasteiger partial charge in [-0.05, 0) is 22.9 Å². The number of rotatable bonds is 6. The van der Waals surface area contributed by atoms with E-state index in [4.69, 9.17) is 9.47 Å². The highest BCUT2D eigenvalue weighted by atomic mass is 19.4. The molecule has 158 valence electrons. The van der Waals surface area contributed by atoms with Crippen LogP contribution in [-0.4, -0.2) is 35.4 Å². The zero-order valence-electron chi connectivity index (χ0n) is 16.0. The molecular formula is C21H20F3N3O3. The number of aromatic nitrogens is 2. The smallest absolute Gasteiger partial charge is 0.435 e. The average molecular weight is 419 g/mol. The van der Waals surface area contributed by atoms with Crippen molar-refractivity contribution in [1.29, 1.82) is 0 Å². The third-order valence-corrected chi connectivity index (χ3v) is 4.90. The monoisotopic (exact) mass is 419 g/mol. The molecule has 1 aromatic heterocycles.